The second-order valence-corrected chi connectivity index (χ2v) is 7.86. The number of ether oxygens (including phenoxy) is 1. The number of benzene rings is 2. The second kappa shape index (κ2) is 7.64. The molecule has 2 aromatic heterocycles. The highest BCUT2D eigenvalue weighted by Gasteiger charge is 2.18. The average molecular weight is 473 g/mol. The minimum atomic E-state index is -0.681. The van der Waals surface area contributed by atoms with Crippen LogP contribution in [-0.2, 0) is 0 Å². The average Bonchev–Trinajstić information content (AvgIpc) is 3.10. The van der Waals surface area contributed by atoms with E-state index in [-0.39, 0.29) is 5.69 Å². The largest absolute Gasteiger partial charge is 0.505 e. The Morgan fingerprint density at radius 2 is 1.97 bits per heavy atom. The van der Waals surface area contributed by atoms with Gasteiger partial charge < -0.3 is 9.84 Å². The standard InChI is InChI=1S/C19H13BrN4O4S/c1-28-12-6-7-13-15(8-12)29-19(21-13)22-18(27)17-14(25)9-16(26)24(23-17)11-4-2-10(20)3-5-11/h2-9,25H,1H3,(H,21,22,27). The normalized spacial score (nSPS) is 10.8. The fraction of sp³-hybridized carbons (Fsp3) is 0.0526. The fourth-order valence-corrected chi connectivity index (χ4v) is 3.77. The first-order chi connectivity index (χ1) is 13.9. The molecule has 0 bridgehead atoms. The maximum atomic E-state index is 12.7. The number of carbonyl (C=O) groups excluding carboxylic acids is 1. The van der Waals surface area contributed by atoms with Crippen molar-refractivity contribution in [3.8, 4) is 17.2 Å². The van der Waals surface area contributed by atoms with Crippen LogP contribution in [0, 0.1) is 0 Å². The summed E-state index contributed by atoms with van der Waals surface area (Å²) in [7, 11) is 1.57. The Kier molecular flexibility index (Phi) is 5.03. The zero-order chi connectivity index (χ0) is 20.5. The minimum Gasteiger partial charge on any atom is -0.505 e. The van der Waals surface area contributed by atoms with E-state index in [0.717, 1.165) is 19.9 Å². The lowest BCUT2D eigenvalue weighted by molar-refractivity contribution is 0.101. The summed E-state index contributed by atoms with van der Waals surface area (Å²) >= 11 is 4.58. The number of anilines is 1. The first-order valence-electron chi connectivity index (χ1n) is 8.30. The molecule has 8 nitrogen and oxygen atoms in total. The number of thiazole rings is 1. The molecule has 0 aliphatic carbocycles. The highest BCUT2D eigenvalue weighted by molar-refractivity contribution is 9.10. The molecule has 0 aliphatic heterocycles. The molecule has 2 heterocycles. The van der Waals surface area contributed by atoms with Crippen molar-refractivity contribution in [3.63, 3.8) is 0 Å². The summed E-state index contributed by atoms with van der Waals surface area (Å²) in [6.07, 6.45) is 0. The van der Waals surface area contributed by atoms with Crippen molar-refractivity contribution in [1.82, 2.24) is 14.8 Å². The zero-order valence-corrected chi connectivity index (χ0v) is 17.3. The number of nitrogens with zero attached hydrogens (tertiary/aromatic N) is 3. The van der Waals surface area contributed by atoms with Crippen LogP contribution in [0.5, 0.6) is 11.5 Å². The van der Waals surface area contributed by atoms with Crippen molar-refractivity contribution < 1.29 is 14.6 Å². The molecule has 0 spiro atoms. The van der Waals surface area contributed by atoms with Crippen LogP contribution in [0.25, 0.3) is 15.9 Å². The summed E-state index contributed by atoms with van der Waals surface area (Å²) in [6, 6.07) is 13.1. The predicted octanol–water partition coefficient (Wildman–Crippen LogP) is 3.57. The van der Waals surface area contributed by atoms with E-state index in [1.54, 1.807) is 43.5 Å². The van der Waals surface area contributed by atoms with E-state index >= 15 is 0 Å². The van der Waals surface area contributed by atoms with Gasteiger partial charge in [0.25, 0.3) is 11.5 Å². The van der Waals surface area contributed by atoms with Crippen LogP contribution in [0.4, 0.5) is 5.13 Å². The fourth-order valence-electron chi connectivity index (χ4n) is 2.62. The number of aromatic nitrogens is 3. The molecule has 0 unspecified atom stereocenters. The topological polar surface area (TPSA) is 106 Å². The molecular weight excluding hydrogens is 460 g/mol. The van der Waals surface area contributed by atoms with Gasteiger partial charge in [0.05, 0.1) is 23.0 Å². The van der Waals surface area contributed by atoms with Gasteiger partial charge in [-0.15, -0.1) is 0 Å². The molecule has 0 saturated carbocycles. The van der Waals surface area contributed by atoms with Gasteiger partial charge in [0, 0.05) is 10.5 Å². The van der Waals surface area contributed by atoms with Crippen LogP contribution in [-0.4, -0.2) is 32.9 Å². The third-order valence-corrected chi connectivity index (χ3v) is 5.48. The number of halogens is 1. The maximum absolute atomic E-state index is 12.7. The van der Waals surface area contributed by atoms with Crippen molar-refractivity contribution in [2.24, 2.45) is 0 Å². The number of fused-ring (bicyclic) bond motifs is 1. The summed E-state index contributed by atoms with van der Waals surface area (Å²) in [5, 5.41) is 17.1. The first kappa shape index (κ1) is 19.1. The Bertz CT molecular complexity index is 1280. The van der Waals surface area contributed by atoms with Gasteiger partial charge in [0.1, 0.15) is 5.75 Å². The SMILES string of the molecule is COc1ccc2nc(NC(=O)c3nn(-c4ccc(Br)cc4)c(=O)cc3O)sc2c1. The second-order valence-electron chi connectivity index (χ2n) is 5.91. The molecular formula is C19H13BrN4O4S. The molecule has 2 N–H and O–H groups in total. The maximum Gasteiger partial charge on any atom is 0.281 e. The molecule has 0 atom stereocenters. The van der Waals surface area contributed by atoms with Crippen molar-refractivity contribution in [3.05, 3.63) is 69.1 Å². The van der Waals surface area contributed by atoms with E-state index < -0.39 is 17.2 Å². The monoisotopic (exact) mass is 472 g/mol. The van der Waals surface area contributed by atoms with Crippen molar-refractivity contribution in [1.29, 1.82) is 0 Å². The lowest BCUT2D eigenvalue weighted by Gasteiger charge is -2.08. The predicted molar refractivity (Wildman–Crippen MR) is 113 cm³/mol. The quantitative estimate of drug-likeness (QED) is 0.470. The highest BCUT2D eigenvalue weighted by Crippen LogP contribution is 2.29. The molecule has 2 aromatic carbocycles. The van der Waals surface area contributed by atoms with Gasteiger partial charge in [-0.05, 0) is 42.5 Å². The summed E-state index contributed by atoms with van der Waals surface area (Å²) in [4.78, 5) is 29.2. The number of rotatable bonds is 4. The summed E-state index contributed by atoms with van der Waals surface area (Å²) in [5.41, 5.74) is 0.306. The number of hydrogen-bond acceptors (Lipinski definition) is 7. The molecule has 0 radical (unpaired) electrons. The zero-order valence-electron chi connectivity index (χ0n) is 14.9. The molecule has 29 heavy (non-hydrogen) atoms. The molecule has 0 aliphatic rings. The molecule has 4 rings (SSSR count). The Labute approximate surface area is 176 Å². The van der Waals surface area contributed by atoms with E-state index in [0.29, 0.717) is 22.1 Å². The van der Waals surface area contributed by atoms with Gasteiger partial charge in [-0.3, -0.25) is 14.9 Å². The van der Waals surface area contributed by atoms with E-state index in [4.69, 9.17) is 4.74 Å². The van der Waals surface area contributed by atoms with Gasteiger partial charge in [0.15, 0.2) is 16.6 Å². The third kappa shape index (κ3) is 3.84. The van der Waals surface area contributed by atoms with Crippen LogP contribution in [0.3, 0.4) is 0 Å². The lowest BCUT2D eigenvalue weighted by atomic mass is 10.3. The number of hydrogen-bond donors (Lipinski definition) is 2. The Hall–Kier alpha value is -3.24. The number of carbonyl (C=O) groups is 1. The Morgan fingerprint density at radius 1 is 1.21 bits per heavy atom. The lowest BCUT2D eigenvalue weighted by Crippen LogP contribution is -2.25. The van der Waals surface area contributed by atoms with Gasteiger partial charge in [0.2, 0.25) is 0 Å². The number of methoxy groups -OCH3 is 1. The third-order valence-electron chi connectivity index (χ3n) is 4.01. The van der Waals surface area contributed by atoms with Gasteiger partial charge in [-0.2, -0.15) is 9.78 Å². The van der Waals surface area contributed by atoms with Crippen molar-refractivity contribution >= 4 is 48.5 Å². The summed E-state index contributed by atoms with van der Waals surface area (Å²) in [6.45, 7) is 0. The van der Waals surface area contributed by atoms with Gasteiger partial charge >= 0.3 is 0 Å². The van der Waals surface area contributed by atoms with E-state index in [1.165, 1.54) is 11.3 Å². The first-order valence-corrected chi connectivity index (χ1v) is 9.91. The summed E-state index contributed by atoms with van der Waals surface area (Å²) in [5.74, 6) is -0.511. The van der Waals surface area contributed by atoms with Crippen molar-refractivity contribution in [2.75, 3.05) is 12.4 Å². The number of aromatic hydroxyl groups is 1. The van der Waals surface area contributed by atoms with E-state index in [1.807, 2.05) is 6.07 Å². The molecule has 10 heteroatoms. The van der Waals surface area contributed by atoms with Gasteiger partial charge in [-0.25, -0.2) is 4.98 Å². The number of nitrogens with one attached hydrogen (secondary N) is 1. The van der Waals surface area contributed by atoms with Crippen LogP contribution >= 0.6 is 27.3 Å². The molecule has 146 valence electrons. The Balaban J connectivity index is 1.67. The smallest absolute Gasteiger partial charge is 0.281 e. The molecule has 1 amide bonds. The van der Waals surface area contributed by atoms with Crippen LogP contribution in [0.15, 0.2) is 57.8 Å². The highest BCUT2D eigenvalue weighted by atomic mass is 79.9. The van der Waals surface area contributed by atoms with Crippen molar-refractivity contribution in [2.45, 2.75) is 0 Å². The molecule has 4 aromatic rings. The van der Waals surface area contributed by atoms with Crippen LogP contribution in [0.1, 0.15) is 10.5 Å². The number of amides is 1. The van der Waals surface area contributed by atoms with Crippen LogP contribution < -0.4 is 15.6 Å². The van der Waals surface area contributed by atoms with E-state index in [2.05, 4.69) is 31.3 Å². The van der Waals surface area contributed by atoms with Gasteiger partial charge in [-0.1, -0.05) is 27.3 Å². The summed E-state index contributed by atoms with van der Waals surface area (Å²) < 4.78 is 7.89. The van der Waals surface area contributed by atoms with E-state index in [9.17, 15) is 14.7 Å². The molecule has 0 fully saturated rings. The Morgan fingerprint density at radius 3 is 2.69 bits per heavy atom. The molecule has 0 saturated heterocycles. The van der Waals surface area contributed by atoms with Crippen LogP contribution in [0.2, 0.25) is 0 Å². The minimum absolute atomic E-state index is 0.288.